The van der Waals surface area contributed by atoms with Crippen molar-refractivity contribution in [3.8, 4) is 0 Å². The molecular weight excluding hydrogens is 343 g/mol. The molecule has 0 unspecified atom stereocenters. The van der Waals surface area contributed by atoms with Gasteiger partial charge in [-0.15, -0.1) is 0 Å². The summed E-state index contributed by atoms with van der Waals surface area (Å²) in [5.41, 5.74) is 0.645. The van der Waals surface area contributed by atoms with Crippen molar-refractivity contribution in [1.82, 2.24) is 5.32 Å². The molecule has 0 bridgehead atoms. The molecule has 0 heterocycles. The van der Waals surface area contributed by atoms with E-state index < -0.39 is 21.7 Å². The van der Waals surface area contributed by atoms with Crippen LogP contribution in [0.15, 0.2) is 42.5 Å². The largest absolute Gasteiger partial charge is 0.348 e. The molecule has 0 aliphatic heterocycles. The molecule has 8 heteroatoms. The smallest absolute Gasteiger partial charge is 0.253 e. The molecule has 0 aromatic heterocycles. The first-order valence-electron chi connectivity index (χ1n) is 6.55. The van der Waals surface area contributed by atoms with E-state index in [1.165, 1.54) is 24.3 Å². The molecule has 2 aromatic rings. The van der Waals surface area contributed by atoms with Crippen LogP contribution in [0.2, 0.25) is 5.02 Å². The van der Waals surface area contributed by atoms with Gasteiger partial charge in [0.05, 0.1) is 16.8 Å². The van der Waals surface area contributed by atoms with E-state index in [1.807, 2.05) is 0 Å². The highest BCUT2D eigenvalue weighted by Crippen LogP contribution is 2.21. The van der Waals surface area contributed by atoms with Crippen molar-refractivity contribution >= 4 is 33.2 Å². The van der Waals surface area contributed by atoms with Gasteiger partial charge in [-0.2, -0.15) is 0 Å². The second-order valence-electron chi connectivity index (χ2n) is 4.84. The molecule has 2 aromatic carbocycles. The monoisotopic (exact) mass is 356 g/mol. The third kappa shape index (κ3) is 4.94. The summed E-state index contributed by atoms with van der Waals surface area (Å²) in [4.78, 5) is 12.2. The highest BCUT2D eigenvalue weighted by molar-refractivity contribution is 7.92. The van der Waals surface area contributed by atoms with Gasteiger partial charge in [0.1, 0.15) is 5.82 Å². The second kappa shape index (κ2) is 6.97. The Balaban J connectivity index is 2.15. The summed E-state index contributed by atoms with van der Waals surface area (Å²) >= 11 is 5.96. The number of anilines is 1. The second-order valence-corrected chi connectivity index (χ2v) is 7.00. The number of hydrogen-bond donors (Lipinski definition) is 2. The zero-order valence-electron chi connectivity index (χ0n) is 12.1. The number of sulfonamides is 1. The highest BCUT2D eigenvalue weighted by atomic mass is 35.5. The van der Waals surface area contributed by atoms with Gasteiger partial charge in [-0.1, -0.05) is 29.8 Å². The van der Waals surface area contributed by atoms with E-state index in [4.69, 9.17) is 11.6 Å². The number of rotatable bonds is 5. The molecule has 23 heavy (non-hydrogen) atoms. The number of halogens is 2. The standard InChI is InChI=1S/C15H14ClFN2O3S/c1-23(21,22)19-11-6-7-13(16)12(8-11)15(20)18-9-10-4-2-3-5-14(10)17/h2-8,19H,9H2,1H3,(H,18,20). The minimum Gasteiger partial charge on any atom is -0.348 e. The summed E-state index contributed by atoms with van der Waals surface area (Å²) in [7, 11) is -3.47. The molecule has 0 aliphatic rings. The van der Waals surface area contributed by atoms with Gasteiger partial charge in [-0.05, 0) is 24.3 Å². The Morgan fingerprint density at radius 3 is 2.57 bits per heavy atom. The van der Waals surface area contributed by atoms with Gasteiger partial charge in [0.25, 0.3) is 5.91 Å². The van der Waals surface area contributed by atoms with Crippen LogP contribution >= 0.6 is 11.6 Å². The molecular formula is C15H14ClFN2O3S. The number of amides is 1. The molecule has 2 N–H and O–H groups in total. The van der Waals surface area contributed by atoms with Gasteiger partial charge in [0, 0.05) is 17.8 Å². The zero-order valence-corrected chi connectivity index (χ0v) is 13.7. The topological polar surface area (TPSA) is 75.3 Å². The quantitative estimate of drug-likeness (QED) is 0.865. The van der Waals surface area contributed by atoms with E-state index in [-0.39, 0.29) is 22.8 Å². The van der Waals surface area contributed by atoms with Crippen molar-refractivity contribution in [2.24, 2.45) is 0 Å². The summed E-state index contributed by atoms with van der Waals surface area (Å²) in [5, 5.41) is 2.71. The lowest BCUT2D eigenvalue weighted by Crippen LogP contribution is -2.24. The maximum Gasteiger partial charge on any atom is 0.253 e. The van der Waals surface area contributed by atoms with Crippen LogP contribution in [-0.2, 0) is 16.6 Å². The number of benzene rings is 2. The Hall–Kier alpha value is -2.12. The third-order valence-electron chi connectivity index (χ3n) is 2.91. The first kappa shape index (κ1) is 17.2. The van der Waals surface area contributed by atoms with Crippen LogP contribution in [0.3, 0.4) is 0 Å². The van der Waals surface area contributed by atoms with E-state index >= 15 is 0 Å². The van der Waals surface area contributed by atoms with Crippen LogP contribution in [-0.4, -0.2) is 20.6 Å². The molecule has 0 saturated heterocycles. The number of carbonyl (C=O) groups excluding carboxylic acids is 1. The van der Waals surface area contributed by atoms with Gasteiger partial charge in [-0.3, -0.25) is 9.52 Å². The van der Waals surface area contributed by atoms with Crippen molar-refractivity contribution in [1.29, 1.82) is 0 Å². The molecule has 2 rings (SSSR count). The molecule has 0 radical (unpaired) electrons. The summed E-state index contributed by atoms with van der Waals surface area (Å²) in [6.07, 6.45) is 1.000. The van der Waals surface area contributed by atoms with Crippen LogP contribution in [0.1, 0.15) is 15.9 Å². The fourth-order valence-corrected chi connectivity index (χ4v) is 2.65. The summed E-state index contributed by atoms with van der Waals surface area (Å²) in [5.74, 6) is -0.957. The molecule has 1 amide bonds. The van der Waals surface area contributed by atoms with Crippen LogP contribution in [0.4, 0.5) is 10.1 Å². The predicted octanol–water partition coefficient (Wildman–Crippen LogP) is 2.78. The van der Waals surface area contributed by atoms with E-state index in [0.29, 0.717) is 5.56 Å². The first-order valence-corrected chi connectivity index (χ1v) is 8.82. The van der Waals surface area contributed by atoms with Crippen molar-refractivity contribution < 1.29 is 17.6 Å². The van der Waals surface area contributed by atoms with Crippen LogP contribution in [0, 0.1) is 5.82 Å². The fraction of sp³-hybridized carbons (Fsp3) is 0.133. The molecule has 122 valence electrons. The van der Waals surface area contributed by atoms with Crippen LogP contribution in [0.5, 0.6) is 0 Å². The van der Waals surface area contributed by atoms with Gasteiger partial charge in [-0.25, -0.2) is 12.8 Å². The summed E-state index contributed by atoms with van der Waals surface area (Å²) in [6.45, 7) is -0.00836. The van der Waals surface area contributed by atoms with E-state index in [9.17, 15) is 17.6 Å². The maximum atomic E-state index is 13.5. The Morgan fingerprint density at radius 1 is 1.22 bits per heavy atom. The molecule has 0 spiro atoms. The summed E-state index contributed by atoms with van der Waals surface area (Å²) < 4.78 is 38.2. The molecule has 0 aliphatic carbocycles. The minimum absolute atomic E-state index is 0.00836. The van der Waals surface area contributed by atoms with E-state index in [2.05, 4.69) is 10.0 Å². The van der Waals surface area contributed by atoms with Gasteiger partial charge < -0.3 is 5.32 Å². The Kier molecular flexibility index (Phi) is 5.23. The number of nitrogens with one attached hydrogen (secondary N) is 2. The molecule has 5 nitrogen and oxygen atoms in total. The van der Waals surface area contributed by atoms with Crippen molar-refractivity contribution in [2.75, 3.05) is 11.0 Å². The zero-order chi connectivity index (χ0) is 17.0. The average Bonchev–Trinajstić information content (AvgIpc) is 2.46. The van der Waals surface area contributed by atoms with Crippen LogP contribution in [0.25, 0.3) is 0 Å². The van der Waals surface area contributed by atoms with Gasteiger partial charge in [0.2, 0.25) is 10.0 Å². The van der Waals surface area contributed by atoms with E-state index in [0.717, 1.165) is 6.26 Å². The Morgan fingerprint density at radius 2 is 1.91 bits per heavy atom. The Bertz CT molecular complexity index is 840. The van der Waals surface area contributed by atoms with Gasteiger partial charge >= 0.3 is 0 Å². The predicted molar refractivity (Wildman–Crippen MR) is 87.5 cm³/mol. The minimum atomic E-state index is -3.47. The van der Waals surface area contributed by atoms with Gasteiger partial charge in [0.15, 0.2) is 0 Å². The lowest BCUT2D eigenvalue weighted by molar-refractivity contribution is 0.0951. The Labute approximate surface area is 138 Å². The SMILES string of the molecule is CS(=O)(=O)Nc1ccc(Cl)c(C(=O)NCc2ccccc2F)c1. The number of hydrogen-bond acceptors (Lipinski definition) is 3. The fourth-order valence-electron chi connectivity index (χ4n) is 1.89. The average molecular weight is 357 g/mol. The lowest BCUT2D eigenvalue weighted by Gasteiger charge is -2.10. The normalized spacial score (nSPS) is 11.1. The van der Waals surface area contributed by atoms with Crippen molar-refractivity contribution in [3.63, 3.8) is 0 Å². The van der Waals surface area contributed by atoms with E-state index in [1.54, 1.807) is 18.2 Å². The molecule has 0 atom stereocenters. The van der Waals surface area contributed by atoms with Crippen molar-refractivity contribution in [2.45, 2.75) is 6.54 Å². The lowest BCUT2D eigenvalue weighted by atomic mass is 10.1. The number of carbonyl (C=O) groups is 1. The summed E-state index contributed by atoms with van der Waals surface area (Å²) in [6, 6.07) is 10.2. The third-order valence-corrected chi connectivity index (χ3v) is 3.85. The van der Waals surface area contributed by atoms with Crippen molar-refractivity contribution in [3.05, 3.63) is 64.4 Å². The maximum absolute atomic E-state index is 13.5. The first-order chi connectivity index (χ1) is 10.8. The molecule has 0 fully saturated rings. The molecule has 0 saturated carbocycles. The highest BCUT2D eigenvalue weighted by Gasteiger charge is 2.13. The van der Waals surface area contributed by atoms with Crippen LogP contribution < -0.4 is 10.0 Å².